The van der Waals surface area contributed by atoms with Gasteiger partial charge in [-0.2, -0.15) is 21.0 Å². The van der Waals surface area contributed by atoms with E-state index in [-0.39, 0.29) is 33.5 Å². The molecular formula is C52H28N4O2S3. The zero-order valence-corrected chi connectivity index (χ0v) is 35.5. The predicted octanol–water partition coefficient (Wildman–Crippen LogP) is 13.0. The molecule has 0 bridgehead atoms. The standard InChI is InChI=1S/C52H28N4O2S3/c1-51(2)37-15-13-25(19-35-39(27(21-53)22-54)29-9-5-7-11-31(29)43(35)57)17-33(37)41-45-47(60-49(41)51)48-46(59-45)42-34-18-26(14-16-38(34)52(3,4)50(42)61-48)20-36-40(28(23-55)24-56)30-10-6-8-12-32(30)44(36)58/h5-20H,1-4H3/b35-19-,36-20-. The fraction of sp³-hybridized carbons (Fsp3) is 0.115. The van der Waals surface area contributed by atoms with E-state index in [1.807, 2.05) is 94.7 Å². The average molecular weight is 837 g/mol. The lowest BCUT2D eigenvalue weighted by Crippen LogP contribution is -2.13. The van der Waals surface area contributed by atoms with E-state index < -0.39 is 0 Å². The third-order valence-corrected chi connectivity index (χ3v) is 17.4. The Hall–Kier alpha value is -7.24. The van der Waals surface area contributed by atoms with Crippen molar-refractivity contribution in [2.75, 3.05) is 0 Å². The first kappa shape index (κ1) is 36.8. The number of carbonyl (C=O) groups is 2. The van der Waals surface area contributed by atoms with Crippen LogP contribution in [-0.2, 0) is 10.8 Å². The number of ketones is 2. The lowest BCUT2D eigenvalue weighted by Gasteiger charge is -2.20. The Morgan fingerprint density at radius 1 is 0.492 bits per heavy atom. The van der Waals surface area contributed by atoms with Gasteiger partial charge in [-0.05, 0) is 68.8 Å². The predicted molar refractivity (Wildman–Crippen MR) is 244 cm³/mol. The highest BCUT2D eigenvalue weighted by molar-refractivity contribution is 7.40. The first-order valence-corrected chi connectivity index (χ1v) is 22.0. The van der Waals surface area contributed by atoms with Gasteiger partial charge in [-0.3, -0.25) is 9.59 Å². The third kappa shape index (κ3) is 4.77. The van der Waals surface area contributed by atoms with Crippen LogP contribution in [0.15, 0.2) is 107 Å². The van der Waals surface area contributed by atoms with Crippen LogP contribution in [-0.4, -0.2) is 11.6 Å². The minimum Gasteiger partial charge on any atom is -0.289 e. The molecule has 0 amide bonds. The first-order valence-electron chi connectivity index (χ1n) is 19.6. The van der Waals surface area contributed by atoms with Crippen molar-refractivity contribution in [2.45, 2.75) is 38.5 Å². The van der Waals surface area contributed by atoms with Crippen molar-refractivity contribution < 1.29 is 9.59 Å². The van der Waals surface area contributed by atoms with E-state index in [1.165, 1.54) is 50.8 Å². The Morgan fingerprint density at radius 2 is 0.869 bits per heavy atom. The molecule has 0 saturated carbocycles. The number of fused-ring (bicyclic) bond motifs is 13. The number of thiophene rings is 3. The highest BCUT2D eigenvalue weighted by Gasteiger charge is 2.43. The van der Waals surface area contributed by atoms with Crippen molar-refractivity contribution in [1.29, 1.82) is 21.0 Å². The van der Waals surface area contributed by atoms with E-state index in [1.54, 1.807) is 36.4 Å². The second-order valence-electron chi connectivity index (χ2n) is 16.7. The number of rotatable bonds is 2. The monoisotopic (exact) mass is 836 g/mol. The SMILES string of the molecule is CC1(C)c2ccc(/C=C3\C(=O)c4ccccc4C3=C(C#N)C#N)cc2-c2c1sc1c2sc2c3c(sc21)C(C)(C)c1ccc(/C=C2\C(=O)c4ccccc4C2=C(C#N)C#N)cc1-3. The Bertz CT molecular complexity index is 3350. The highest BCUT2D eigenvalue weighted by atomic mass is 32.1. The lowest BCUT2D eigenvalue weighted by molar-refractivity contribution is 0.103. The molecule has 0 spiro atoms. The minimum atomic E-state index is -0.249. The molecule has 286 valence electrons. The van der Waals surface area contributed by atoms with E-state index in [9.17, 15) is 30.6 Å². The van der Waals surface area contributed by atoms with Crippen molar-refractivity contribution in [3.8, 4) is 46.5 Å². The number of hydrogen-bond acceptors (Lipinski definition) is 9. The smallest absolute Gasteiger partial charge is 0.194 e. The van der Waals surface area contributed by atoms with Gasteiger partial charge in [-0.25, -0.2) is 0 Å². The van der Waals surface area contributed by atoms with E-state index in [4.69, 9.17) is 0 Å². The number of hydrogen-bond donors (Lipinski definition) is 0. The van der Waals surface area contributed by atoms with Gasteiger partial charge >= 0.3 is 0 Å². The molecule has 61 heavy (non-hydrogen) atoms. The van der Waals surface area contributed by atoms with E-state index >= 15 is 0 Å². The Labute approximate surface area is 362 Å². The molecule has 0 radical (unpaired) electrons. The summed E-state index contributed by atoms with van der Waals surface area (Å²) in [5.74, 6) is -0.400. The van der Waals surface area contributed by atoms with Gasteiger partial charge in [-0.1, -0.05) is 100 Å². The van der Waals surface area contributed by atoms with Gasteiger partial charge in [0, 0.05) is 65.1 Å². The molecule has 0 unspecified atom stereocenters. The molecule has 11 rings (SSSR count). The van der Waals surface area contributed by atoms with Gasteiger partial charge < -0.3 is 0 Å². The van der Waals surface area contributed by atoms with Gasteiger partial charge in [-0.15, -0.1) is 34.0 Å². The maximum atomic E-state index is 13.8. The Morgan fingerprint density at radius 3 is 1.25 bits per heavy atom. The van der Waals surface area contributed by atoms with Crippen molar-refractivity contribution >= 4 is 87.7 Å². The van der Waals surface area contributed by atoms with Crippen LogP contribution in [0.5, 0.6) is 0 Å². The molecule has 3 aromatic heterocycles. The summed E-state index contributed by atoms with van der Waals surface area (Å²) in [6.07, 6.45) is 3.65. The fourth-order valence-corrected chi connectivity index (χ4v) is 14.7. The van der Waals surface area contributed by atoms with Gasteiger partial charge in [0.05, 0.1) is 18.8 Å². The second-order valence-corrected chi connectivity index (χ2v) is 19.8. The van der Waals surface area contributed by atoms with Crippen LogP contribution >= 0.6 is 34.0 Å². The molecule has 4 aliphatic carbocycles. The molecule has 9 heteroatoms. The Kier molecular flexibility index (Phi) is 7.63. The normalized spacial score (nSPS) is 17.1. The summed E-state index contributed by atoms with van der Waals surface area (Å²) in [4.78, 5) is 30.2. The van der Waals surface area contributed by atoms with E-state index in [0.29, 0.717) is 44.5 Å². The summed E-state index contributed by atoms with van der Waals surface area (Å²) in [6, 6.07) is 35.0. The van der Waals surface area contributed by atoms with Crippen molar-refractivity contribution in [3.63, 3.8) is 0 Å². The quantitative estimate of drug-likeness (QED) is 0.126. The second kappa shape index (κ2) is 12.6. The van der Waals surface area contributed by atoms with Crippen LogP contribution in [0.25, 0.3) is 64.4 Å². The molecule has 7 aromatic rings. The highest BCUT2D eigenvalue weighted by Crippen LogP contribution is 2.64. The molecule has 4 aliphatic rings. The summed E-state index contributed by atoms with van der Waals surface area (Å²) < 4.78 is 5.00. The van der Waals surface area contributed by atoms with Crippen LogP contribution in [0.3, 0.4) is 0 Å². The maximum Gasteiger partial charge on any atom is 0.194 e. The number of benzene rings is 4. The molecule has 4 aromatic carbocycles. The number of Topliss-reactive ketones (excluding diaryl/α,β-unsaturated/α-hetero) is 2. The van der Waals surface area contributed by atoms with Crippen LogP contribution in [0.2, 0.25) is 0 Å². The number of carbonyl (C=O) groups excluding carboxylic acids is 2. The minimum absolute atomic E-state index is 0.0836. The van der Waals surface area contributed by atoms with Crippen molar-refractivity contribution in [2.24, 2.45) is 0 Å². The van der Waals surface area contributed by atoms with Crippen molar-refractivity contribution in [1.82, 2.24) is 0 Å². The van der Waals surface area contributed by atoms with Gasteiger partial charge in [0.1, 0.15) is 35.4 Å². The molecule has 3 heterocycles. The topological polar surface area (TPSA) is 129 Å². The van der Waals surface area contributed by atoms with Crippen LogP contribution in [0.4, 0.5) is 0 Å². The molecule has 0 fully saturated rings. The average Bonchev–Trinajstić information content (AvgIpc) is 4.10. The van der Waals surface area contributed by atoms with Crippen LogP contribution in [0, 0.1) is 45.3 Å². The van der Waals surface area contributed by atoms with Crippen molar-refractivity contribution in [3.05, 3.63) is 161 Å². The molecular weight excluding hydrogens is 809 g/mol. The van der Waals surface area contributed by atoms with Gasteiger partial charge in [0.15, 0.2) is 11.6 Å². The molecule has 0 saturated heterocycles. The maximum absolute atomic E-state index is 13.8. The zero-order valence-electron chi connectivity index (χ0n) is 33.1. The lowest BCUT2D eigenvalue weighted by atomic mass is 9.86. The number of nitriles is 4. The Balaban J connectivity index is 1.06. The zero-order chi connectivity index (χ0) is 42.3. The van der Waals surface area contributed by atoms with E-state index in [0.717, 1.165) is 22.3 Å². The first-order chi connectivity index (χ1) is 29.4. The molecule has 0 N–H and O–H groups in total. The van der Waals surface area contributed by atoms with Crippen LogP contribution in [0.1, 0.15) is 91.5 Å². The number of nitrogens with zero attached hydrogens (tertiary/aromatic N) is 4. The summed E-state index contributed by atoms with van der Waals surface area (Å²) in [6.45, 7) is 9.08. The number of allylic oxidation sites excluding steroid dienone is 6. The summed E-state index contributed by atoms with van der Waals surface area (Å²) >= 11 is 5.54. The molecule has 0 atom stereocenters. The molecule has 6 nitrogen and oxygen atoms in total. The summed E-state index contributed by atoms with van der Waals surface area (Å²) in [7, 11) is 0. The van der Waals surface area contributed by atoms with Crippen LogP contribution < -0.4 is 0 Å². The van der Waals surface area contributed by atoms with Gasteiger partial charge in [0.2, 0.25) is 0 Å². The summed E-state index contributed by atoms with van der Waals surface area (Å²) in [5.41, 5.74) is 11.7. The summed E-state index contributed by atoms with van der Waals surface area (Å²) in [5, 5.41) is 39.6. The molecule has 0 aliphatic heterocycles. The third-order valence-electron chi connectivity index (χ3n) is 12.7. The largest absolute Gasteiger partial charge is 0.289 e. The van der Waals surface area contributed by atoms with Gasteiger partial charge in [0.25, 0.3) is 0 Å². The fourth-order valence-electron chi connectivity index (χ4n) is 9.88. The van der Waals surface area contributed by atoms with E-state index in [2.05, 4.69) is 52.0 Å².